The second-order valence-corrected chi connectivity index (χ2v) is 9.63. The number of hydrogen-bond donors (Lipinski definition) is 1. The standard InChI is InChI=1S/C23H40N2O2/c1-18(25-27)19-11-8-9-15-21-22(26)23(21,16-10-12-19)17-24-20-13-6-4-2-3-5-7-14-20/h18-21,24H,2-17H2,1H3. The van der Waals surface area contributed by atoms with Gasteiger partial charge in [0.05, 0.1) is 11.5 Å². The molecule has 0 aromatic rings. The molecule has 1 N–H and O–H groups in total. The van der Waals surface area contributed by atoms with E-state index in [-0.39, 0.29) is 11.5 Å². The predicted molar refractivity (Wildman–Crippen MR) is 111 cm³/mol. The lowest BCUT2D eigenvalue weighted by atomic mass is 9.84. The number of nitrogens with one attached hydrogen (secondary N) is 1. The van der Waals surface area contributed by atoms with Gasteiger partial charge in [-0.3, -0.25) is 4.79 Å². The Morgan fingerprint density at radius 3 is 2.22 bits per heavy atom. The van der Waals surface area contributed by atoms with Crippen LogP contribution in [0.3, 0.4) is 0 Å². The summed E-state index contributed by atoms with van der Waals surface area (Å²) >= 11 is 0. The molecule has 4 heteroatoms. The van der Waals surface area contributed by atoms with Crippen molar-refractivity contribution in [3.05, 3.63) is 4.91 Å². The highest BCUT2D eigenvalue weighted by Gasteiger charge is 2.62. The molecule has 154 valence electrons. The third-order valence-electron chi connectivity index (χ3n) is 7.82. The van der Waals surface area contributed by atoms with E-state index in [1.54, 1.807) is 0 Å². The number of hydrogen-bond acceptors (Lipinski definition) is 4. The number of nitrogens with zero attached hydrogens (tertiary/aromatic N) is 1. The van der Waals surface area contributed by atoms with Crippen molar-refractivity contribution >= 4 is 5.78 Å². The first-order valence-electron chi connectivity index (χ1n) is 11.8. The molecule has 0 aromatic carbocycles. The Morgan fingerprint density at radius 1 is 0.926 bits per heavy atom. The first kappa shape index (κ1) is 21.0. The lowest BCUT2D eigenvalue weighted by Gasteiger charge is -2.25. The Morgan fingerprint density at radius 2 is 1.52 bits per heavy atom. The van der Waals surface area contributed by atoms with E-state index in [9.17, 15) is 9.70 Å². The van der Waals surface area contributed by atoms with E-state index in [0.29, 0.717) is 23.7 Å². The molecule has 27 heavy (non-hydrogen) atoms. The molecule has 3 rings (SSSR count). The number of Topliss-reactive ketones (excluding diaryl/α,β-unsaturated/α-hetero) is 1. The van der Waals surface area contributed by atoms with Crippen LogP contribution in [0.5, 0.6) is 0 Å². The van der Waals surface area contributed by atoms with Crippen LogP contribution >= 0.6 is 0 Å². The van der Waals surface area contributed by atoms with Crippen LogP contribution in [0.15, 0.2) is 5.18 Å². The van der Waals surface area contributed by atoms with E-state index in [1.807, 2.05) is 6.92 Å². The van der Waals surface area contributed by atoms with Crippen LogP contribution in [-0.4, -0.2) is 24.4 Å². The van der Waals surface area contributed by atoms with Crippen molar-refractivity contribution in [1.29, 1.82) is 0 Å². The van der Waals surface area contributed by atoms with Gasteiger partial charge in [-0.25, -0.2) is 0 Å². The lowest BCUT2D eigenvalue weighted by Crippen LogP contribution is -2.36. The molecular weight excluding hydrogens is 336 g/mol. The molecule has 3 aliphatic carbocycles. The molecule has 0 aliphatic heterocycles. The Bertz CT molecular complexity index is 485. The number of carbonyl (C=O) groups is 1. The summed E-state index contributed by atoms with van der Waals surface area (Å²) in [6.07, 6.45) is 18.3. The first-order chi connectivity index (χ1) is 13.2. The van der Waals surface area contributed by atoms with E-state index in [2.05, 4.69) is 10.5 Å². The van der Waals surface area contributed by atoms with E-state index < -0.39 is 0 Å². The fourth-order valence-electron chi connectivity index (χ4n) is 5.77. The van der Waals surface area contributed by atoms with Crippen LogP contribution in [0, 0.1) is 22.2 Å². The lowest BCUT2D eigenvalue weighted by molar-refractivity contribution is -0.113. The van der Waals surface area contributed by atoms with Crippen molar-refractivity contribution in [3.63, 3.8) is 0 Å². The number of carbonyl (C=O) groups excluding carboxylic acids is 1. The second kappa shape index (κ2) is 10.1. The number of fused-ring (bicyclic) bond motifs is 1. The molecular formula is C23H40N2O2. The van der Waals surface area contributed by atoms with Crippen molar-refractivity contribution in [2.24, 2.45) is 22.4 Å². The van der Waals surface area contributed by atoms with Gasteiger partial charge in [-0.05, 0) is 51.4 Å². The van der Waals surface area contributed by atoms with Crippen LogP contribution in [0.1, 0.15) is 103 Å². The molecule has 0 bridgehead atoms. The van der Waals surface area contributed by atoms with Crippen molar-refractivity contribution in [2.75, 3.05) is 6.54 Å². The molecule has 0 spiro atoms. The van der Waals surface area contributed by atoms with Gasteiger partial charge in [0.2, 0.25) is 0 Å². The summed E-state index contributed by atoms with van der Waals surface area (Å²) in [5.74, 6) is 1.24. The van der Waals surface area contributed by atoms with E-state index in [0.717, 1.165) is 51.5 Å². The minimum atomic E-state index is -0.0852. The minimum Gasteiger partial charge on any atom is -0.313 e. The number of nitroso groups, excluding NO2 is 1. The summed E-state index contributed by atoms with van der Waals surface area (Å²) in [6, 6.07) is 0.525. The Hall–Kier alpha value is -0.770. The number of ketones is 1. The van der Waals surface area contributed by atoms with Gasteiger partial charge in [-0.2, -0.15) is 4.91 Å². The monoisotopic (exact) mass is 376 g/mol. The minimum absolute atomic E-state index is 0.0805. The van der Waals surface area contributed by atoms with Crippen molar-refractivity contribution in [1.82, 2.24) is 5.32 Å². The van der Waals surface area contributed by atoms with Crippen LogP contribution in [0.2, 0.25) is 0 Å². The molecule has 4 nitrogen and oxygen atoms in total. The van der Waals surface area contributed by atoms with Crippen LogP contribution in [-0.2, 0) is 4.79 Å². The maximum absolute atomic E-state index is 12.8. The average molecular weight is 377 g/mol. The summed E-state index contributed by atoms with van der Waals surface area (Å²) in [4.78, 5) is 23.8. The number of rotatable bonds is 5. The molecule has 3 saturated carbocycles. The molecule has 4 atom stereocenters. The fraction of sp³-hybridized carbons (Fsp3) is 0.957. The molecule has 0 amide bonds. The third-order valence-corrected chi connectivity index (χ3v) is 7.82. The largest absolute Gasteiger partial charge is 0.313 e. The fourth-order valence-corrected chi connectivity index (χ4v) is 5.77. The van der Waals surface area contributed by atoms with E-state index in [1.165, 1.54) is 51.4 Å². The third kappa shape index (κ3) is 5.40. The topological polar surface area (TPSA) is 58.5 Å². The second-order valence-electron chi connectivity index (χ2n) is 9.63. The quantitative estimate of drug-likeness (QED) is 0.619. The normalized spacial score (nSPS) is 35.2. The van der Waals surface area contributed by atoms with Crippen molar-refractivity contribution in [3.8, 4) is 0 Å². The maximum atomic E-state index is 12.8. The molecule has 0 aromatic heterocycles. The highest BCUT2D eigenvalue weighted by Crippen LogP contribution is 2.55. The predicted octanol–water partition coefficient (Wildman–Crippen LogP) is 5.78. The van der Waals surface area contributed by atoms with E-state index in [4.69, 9.17) is 0 Å². The Balaban J connectivity index is 1.55. The zero-order chi connectivity index (χ0) is 19.1. The Labute approximate surface area is 165 Å². The smallest absolute Gasteiger partial charge is 0.145 e. The summed E-state index contributed by atoms with van der Waals surface area (Å²) in [7, 11) is 0. The van der Waals surface area contributed by atoms with Gasteiger partial charge >= 0.3 is 0 Å². The van der Waals surface area contributed by atoms with Gasteiger partial charge in [0.25, 0.3) is 0 Å². The molecule has 3 aliphatic rings. The van der Waals surface area contributed by atoms with Gasteiger partial charge < -0.3 is 5.32 Å². The summed E-state index contributed by atoms with van der Waals surface area (Å²) in [5, 5.41) is 7.13. The van der Waals surface area contributed by atoms with Gasteiger partial charge in [-0.15, -0.1) is 0 Å². The average Bonchev–Trinajstić information content (AvgIpc) is 3.19. The highest BCUT2D eigenvalue weighted by atomic mass is 16.3. The Kier molecular flexibility index (Phi) is 7.86. The maximum Gasteiger partial charge on any atom is 0.145 e. The van der Waals surface area contributed by atoms with E-state index >= 15 is 0 Å². The van der Waals surface area contributed by atoms with Gasteiger partial charge in [0, 0.05) is 18.5 Å². The van der Waals surface area contributed by atoms with Crippen LogP contribution < -0.4 is 5.32 Å². The molecule has 4 unspecified atom stereocenters. The summed E-state index contributed by atoms with van der Waals surface area (Å²) < 4.78 is 0. The molecule has 0 radical (unpaired) electrons. The van der Waals surface area contributed by atoms with Crippen molar-refractivity contribution < 1.29 is 4.79 Å². The summed E-state index contributed by atoms with van der Waals surface area (Å²) in [5.41, 5.74) is -0.0852. The van der Waals surface area contributed by atoms with Crippen molar-refractivity contribution in [2.45, 2.75) is 115 Å². The SMILES string of the molecule is CC(N=O)C1CCCCC2C(=O)C2(CNC2CCCCCCCC2)CCC1. The van der Waals surface area contributed by atoms with Gasteiger partial charge in [-0.1, -0.05) is 63.0 Å². The molecule has 3 fully saturated rings. The molecule has 0 heterocycles. The van der Waals surface area contributed by atoms with Gasteiger partial charge in [0.1, 0.15) is 5.78 Å². The zero-order valence-corrected chi connectivity index (χ0v) is 17.4. The van der Waals surface area contributed by atoms with Crippen LogP contribution in [0.25, 0.3) is 0 Å². The highest BCUT2D eigenvalue weighted by molar-refractivity contribution is 6.04. The zero-order valence-electron chi connectivity index (χ0n) is 17.4. The van der Waals surface area contributed by atoms with Gasteiger partial charge in [0.15, 0.2) is 0 Å². The molecule has 0 saturated heterocycles. The van der Waals surface area contributed by atoms with Crippen LogP contribution in [0.4, 0.5) is 0 Å². The summed E-state index contributed by atoms with van der Waals surface area (Å²) in [6.45, 7) is 2.86. The first-order valence-corrected chi connectivity index (χ1v) is 11.8.